The Morgan fingerprint density at radius 1 is 1.35 bits per heavy atom. The Morgan fingerprint density at radius 3 is 3.12 bits per heavy atom. The van der Waals surface area contributed by atoms with Crippen molar-refractivity contribution in [2.24, 2.45) is 0 Å². The number of imidazole rings is 1. The average molecular weight is 367 g/mol. The number of piperazine rings is 1. The second-order valence-corrected chi connectivity index (χ2v) is 7.40. The van der Waals surface area contributed by atoms with Crippen LogP contribution < -0.4 is 15.8 Å². The number of aromatic nitrogens is 3. The van der Waals surface area contributed by atoms with Gasteiger partial charge < -0.3 is 14.6 Å². The molecule has 8 heteroatoms. The number of hydrogen-bond acceptors (Lipinski definition) is 7. The Kier molecular flexibility index (Phi) is 3.54. The van der Waals surface area contributed by atoms with Gasteiger partial charge in [-0.05, 0) is 25.1 Å². The van der Waals surface area contributed by atoms with Gasteiger partial charge in [-0.25, -0.2) is 9.78 Å². The highest BCUT2D eigenvalue weighted by molar-refractivity contribution is 7.15. The molecule has 0 aliphatic carbocycles. The Bertz CT molecular complexity index is 1130. The van der Waals surface area contributed by atoms with Crippen molar-refractivity contribution in [3.8, 4) is 11.3 Å². The largest absolute Gasteiger partial charge is 0.403 e. The minimum Gasteiger partial charge on any atom is -0.403 e. The van der Waals surface area contributed by atoms with Gasteiger partial charge in [0.1, 0.15) is 5.82 Å². The van der Waals surface area contributed by atoms with Gasteiger partial charge in [0, 0.05) is 48.8 Å². The number of hydrogen-bond donors (Lipinski definition) is 1. The van der Waals surface area contributed by atoms with Crippen LogP contribution in [0.3, 0.4) is 0 Å². The van der Waals surface area contributed by atoms with Crippen LogP contribution in [-0.2, 0) is 0 Å². The molecule has 7 nitrogen and oxygen atoms in total. The van der Waals surface area contributed by atoms with E-state index in [4.69, 9.17) is 4.42 Å². The van der Waals surface area contributed by atoms with Crippen molar-refractivity contribution in [2.75, 3.05) is 24.5 Å². The fourth-order valence-corrected chi connectivity index (χ4v) is 4.04. The normalized spacial score (nSPS) is 18.0. The molecule has 1 atom stereocenters. The first-order valence-corrected chi connectivity index (χ1v) is 9.41. The Labute approximate surface area is 152 Å². The summed E-state index contributed by atoms with van der Waals surface area (Å²) in [6.07, 6.45) is 3.76. The molecule has 1 fully saturated rings. The van der Waals surface area contributed by atoms with Crippen LogP contribution in [0, 0.1) is 0 Å². The molecule has 26 heavy (non-hydrogen) atoms. The van der Waals surface area contributed by atoms with Gasteiger partial charge in [-0.1, -0.05) is 0 Å². The molecule has 0 saturated carbocycles. The maximum Gasteiger partial charge on any atom is 0.347 e. The van der Waals surface area contributed by atoms with Gasteiger partial charge in [0.15, 0.2) is 4.96 Å². The molecule has 1 N–H and O–H groups in total. The van der Waals surface area contributed by atoms with Gasteiger partial charge in [0.05, 0.1) is 11.3 Å². The lowest BCUT2D eigenvalue weighted by atomic mass is 10.2. The van der Waals surface area contributed by atoms with Crippen molar-refractivity contribution in [3.05, 3.63) is 46.4 Å². The fraction of sp³-hybridized carbons (Fsp3) is 0.278. The first kappa shape index (κ1) is 15.5. The first-order chi connectivity index (χ1) is 12.7. The third-order valence-corrected chi connectivity index (χ3v) is 5.42. The summed E-state index contributed by atoms with van der Waals surface area (Å²) in [5.41, 5.74) is 1.02. The van der Waals surface area contributed by atoms with Crippen LogP contribution in [0.5, 0.6) is 0 Å². The summed E-state index contributed by atoms with van der Waals surface area (Å²) in [6, 6.07) is 6.15. The summed E-state index contributed by atoms with van der Waals surface area (Å²) in [6.45, 7) is 4.83. The van der Waals surface area contributed by atoms with Gasteiger partial charge in [-0.3, -0.25) is 4.40 Å². The SMILES string of the molecule is C[C@@H]1CN(c2ccc3cc(-c4cn5ccsc5n4)c(=O)oc3n2)CCN1. The maximum absolute atomic E-state index is 12.5. The van der Waals surface area contributed by atoms with E-state index in [1.165, 1.54) is 11.3 Å². The van der Waals surface area contributed by atoms with E-state index < -0.39 is 5.63 Å². The van der Waals surface area contributed by atoms with Gasteiger partial charge in [0.2, 0.25) is 5.71 Å². The third kappa shape index (κ3) is 2.58. The van der Waals surface area contributed by atoms with Crippen molar-refractivity contribution in [1.29, 1.82) is 0 Å². The molecule has 132 valence electrons. The standard InChI is InChI=1S/C18H17N5O2S/c1-11-9-22(5-4-19-11)15-3-2-12-8-13(17(24)25-16(12)21-15)14-10-23-6-7-26-18(23)20-14/h2-3,6-8,10-11,19H,4-5,9H2,1H3/t11-/m1/s1. The first-order valence-electron chi connectivity index (χ1n) is 8.53. The van der Waals surface area contributed by atoms with Gasteiger partial charge in [-0.15, -0.1) is 11.3 Å². The molecule has 4 aromatic rings. The highest BCUT2D eigenvalue weighted by Crippen LogP contribution is 2.24. The van der Waals surface area contributed by atoms with Crippen molar-refractivity contribution in [3.63, 3.8) is 0 Å². The highest BCUT2D eigenvalue weighted by atomic mass is 32.1. The molecule has 0 radical (unpaired) electrons. The molecule has 4 aromatic heterocycles. The van der Waals surface area contributed by atoms with Crippen LogP contribution in [0.1, 0.15) is 6.92 Å². The number of anilines is 1. The number of rotatable bonds is 2. The third-order valence-electron chi connectivity index (χ3n) is 4.65. The smallest absolute Gasteiger partial charge is 0.347 e. The lowest BCUT2D eigenvalue weighted by molar-refractivity contribution is 0.481. The van der Waals surface area contributed by atoms with Gasteiger partial charge in [0.25, 0.3) is 0 Å². The number of nitrogens with one attached hydrogen (secondary N) is 1. The van der Waals surface area contributed by atoms with E-state index in [1.54, 1.807) is 0 Å². The molecule has 1 saturated heterocycles. The van der Waals surface area contributed by atoms with Crippen LogP contribution in [0.4, 0.5) is 5.82 Å². The summed E-state index contributed by atoms with van der Waals surface area (Å²) in [5, 5.41) is 6.16. The predicted molar refractivity (Wildman–Crippen MR) is 102 cm³/mol. The van der Waals surface area contributed by atoms with Crippen molar-refractivity contribution < 1.29 is 4.42 Å². The van der Waals surface area contributed by atoms with Crippen LogP contribution in [0.2, 0.25) is 0 Å². The fourth-order valence-electron chi connectivity index (χ4n) is 3.34. The molecule has 5 heterocycles. The number of thiazole rings is 1. The van der Waals surface area contributed by atoms with Crippen molar-refractivity contribution in [1.82, 2.24) is 19.7 Å². The number of pyridine rings is 1. The van der Waals surface area contributed by atoms with E-state index in [0.717, 1.165) is 35.8 Å². The molecule has 0 bridgehead atoms. The summed E-state index contributed by atoms with van der Waals surface area (Å²) >= 11 is 1.53. The Hall–Kier alpha value is -2.71. The zero-order chi connectivity index (χ0) is 17.7. The summed E-state index contributed by atoms with van der Waals surface area (Å²) < 4.78 is 7.42. The number of fused-ring (bicyclic) bond motifs is 2. The van der Waals surface area contributed by atoms with E-state index >= 15 is 0 Å². The molecule has 5 rings (SSSR count). The second kappa shape index (κ2) is 5.93. The Balaban J connectivity index is 1.56. The van der Waals surface area contributed by atoms with Crippen molar-refractivity contribution in [2.45, 2.75) is 13.0 Å². The van der Waals surface area contributed by atoms with Crippen LogP contribution in [-0.4, -0.2) is 40.0 Å². The van der Waals surface area contributed by atoms with E-state index in [2.05, 4.69) is 27.1 Å². The minimum absolute atomic E-state index is 0.364. The average Bonchev–Trinajstić information content (AvgIpc) is 3.22. The maximum atomic E-state index is 12.5. The Morgan fingerprint density at radius 2 is 2.27 bits per heavy atom. The lowest BCUT2D eigenvalue weighted by Gasteiger charge is -2.32. The second-order valence-electron chi connectivity index (χ2n) is 6.53. The zero-order valence-electron chi connectivity index (χ0n) is 14.2. The molecule has 0 unspecified atom stereocenters. The topological polar surface area (TPSA) is 75.7 Å². The highest BCUT2D eigenvalue weighted by Gasteiger charge is 2.18. The summed E-state index contributed by atoms with van der Waals surface area (Å²) in [5.74, 6) is 0.837. The van der Waals surface area contributed by atoms with E-state index in [1.807, 2.05) is 40.4 Å². The van der Waals surface area contributed by atoms with Crippen LogP contribution in [0.25, 0.3) is 27.3 Å². The lowest BCUT2D eigenvalue weighted by Crippen LogP contribution is -2.49. The number of nitrogens with zero attached hydrogens (tertiary/aromatic N) is 4. The van der Waals surface area contributed by atoms with E-state index in [-0.39, 0.29) is 0 Å². The van der Waals surface area contributed by atoms with Gasteiger partial charge in [-0.2, -0.15) is 4.98 Å². The quantitative estimate of drug-likeness (QED) is 0.586. The minimum atomic E-state index is -0.415. The molecule has 1 aliphatic rings. The zero-order valence-corrected chi connectivity index (χ0v) is 15.0. The molecule has 0 spiro atoms. The van der Waals surface area contributed by atoms with Crippen LogP contribution >= 0.6 is 11.3 Å². The summed E-state index contributed by atoms with van der Waals surface area (Å²) in [7, 11) is 0. The summed E-state index contributed by atoms with van der Waals surface area (Å²) in [4.78, 5) is 24.6. The molecule has 0 aromatic carbocycles. The van der Waals surface area contributed by atoms with E-state index in [0.29, 0.717) is 23.0 Å². The van der Waals surface area contributed by atoms with Crippen molar-refractivity contribution >= 4 is 33.2 Å². The molecular weight excluding hydrogens is 350 g/mol. The molecule has 1 aliphatic heterocycles. The predicted octanol–water partition coefficient (Wildman–Crippen LogP) is 2.36. The molecular formula is C18H17N5O2S. The van der Waals surface area contributed by atoms with Crippen LogP contribution in [0.15, 0.2) is 45.2 Å². The molecule has 0 amide bonds. The van der Waals surface area contributed by atoms with Gasteiger partial charge >= 0.3 is 5.63 Å². The van der Waals surface area contributed by atoms with E-state index in [9.17, 15) is 4.79 Å². The monoisotopic (exact) mass is 367 g/mol.